The number of rotatable bonds is 14. The minimum atomic E-state index is -0.361. The largest absolute Gasteiger partial charge is 0.491 e. The van der Waals surface area contributed by atoms with Crippen LogP contribution >= 0.6 is 0 Å². The zero-order valence-electron chi connectivity index (χ0n) is 19.6. The third kappa shape index (κ3) is 6.95. The normalized spacial score (nSPS) is 20.5. The van der Waals surface area contributed by atoms with Crippen LogP contribution in [0, 0.1) is 0 Å². The average molecular weight is 455 g/mol. The molecule has 2 unspecified atom stereocenters. The number of carbonyl (C=O) groups is 1. The van der Waals surface area contributed by atoms with Gasteiger partial charge >= 0.3 is 5.97 Å². The van der Waals surface area contributed by atoms with Crippen molar-refractivity contribution in [2.24, 2.45) is 0 Å². The first-order valence-corrected chi connectivity index (χ1v) is 11.9. The van der Waals surface area contributed by atoms with Crippen LogP contribution in [0.2, 0.25) is 0 Å². The van der Waals surface area contributed by atoms with Gasteiger partial charge in [0.15, 0.2) is 0 Å². The molecule has 33 heavy (non-hydrogen) atoms. The first-order chi connectivity index (χ1) is 16.1. The van der Waals surface area contributed by atoms with Crippen LogP contribution < -0.4 is 9.47 Å². The fourth-order valence-corrected chi connectivity index (χ4v) is 3.75. The lowest BCUT2D eigenvalue weighted by Gasteiger charge is -2.31. The Bertz CT molecular complexity index is 824. The number of carbonyl (C=O) groups excluding carboxylic acids is 1. The van der Waals surface area contributed by atoms with Crippen LogP contribution in [0.15, 0.2) is 48.5 Å². The third-order valence-corrected chi connectivity index (χ3v) is 6.25. The highest BCUT2D eigenvalue weighted by atomic mass is 16.6. The van der Waals surface area contributed by atoms with E-state index in [4.69, 9.17) is 23.7 Å². The smallest absolute Gasteiger partial charge is 0.305 e. The summed E-state index contributed by atoms with van der Waals surface area (Å²) in [6.45, 7) is 7.45. The number of benzene rings is 2. The van der Waals surface area contributed by atoms with Crippen molar-refractivity contribution < 1.29 is 28.5 Å². The van der Waals surface area contributed by atoms with Gasteiger partial charge in [0.1, 0.15) is 36.9 Å². The molecule has 2 aromatic rings. The van der Waals surface area contributed by atoms with E-state index in [9.17, 15) is 4.79 Å². The van der Waals surface area contributed by atoms with Gasteiger partial charge in [-0.2, -0.15) is 0 Å². The van der Waals surface area contributed by atoms with E-state index in [0.717, 1.165) is 48.7 Å². The number of ether oxygens (including phenoxy) is 5. The molecule has 2 saturated heterocycles. The topological polar surface area (TPSA) is 69.8 Å². The number of hydrogen-bond donors (Lipinski definition) is 0. The number of hydrogen-bond acceptors (Lipinski definition) is 6. The molecule has 2 fully saturated rings. The van der Waals surface area contributed by atoms with E-state index in [2.05, 4.69) is 38.1 Å². The molecule has 0 aromatic heterocycles. The van der Waals surface area contributed by atoms with Gasteiger partial charge in [-0.3, -0.25) is 4.79 Å². The van der Waals surface area contributed by atoms with Crippen LogP contribution in [0.5, 0.6) is 11.5 Å². The van der Waals surface area contributed by atoms with Crippen molar-refractivity contribution in [3.63, 3.8) is 0 Å². The monoisotopic (exact) mass is 454 g/mol. The SMILES string of the molecule is CCCCOC(=O)CCC(C)(c1ccc(OCC2CO2)cc1)c1ccc(OCC2CO2)cc1. The number of esters is 1. The Morgan fingerprint density at radius 3 is 1.82 bits per heavy atom. The number of unbranched alkanes of at least 4 members (excludes halogenated alkanes) is 1. The van der Waals surface area contributed by atoms with Gasteiger partial charge in [-0.15, -0.1) is 0 Å². The van der Waals surface area contributed by atoms with E-state index in [1.54, 1.807) is 0 Å². The summed E-state index contributed by atoms with van der Waals surface area (Å²) in [6.07, 6.45) is 3.35. The predicted molar refractivity (Wildman–Crippen MR) is 125 cm³/mol. The average Bonchev–Trinajstić information content (AvgIpc) is 3.76. The molecule has 2 aliphatic heterocycles. The second-order valence-corrected chi connectivity index (χ2v) is 8.99. The highest BCUT2D eigenvalue weighted by Crippen LogP contribution is 2.38. The van der Waals surface area contributed by atoms with Gasteiger partial charge in [0.05, 0.1) is 19.8 Å². The second kappa shape index (κ2) is 11.0. The molecular weight excluding hydrogens is 420 g/mol. The Kier molecular flexibility index (Phi) is 7.89. The summed E-state index contributed by atoms with van der Waals surface area (Å²) in [4.78, 5) is 12.4. The summed E-state index contributed by atoms with van der Waals surface area (Å²) in [7, 11) is 0. The molecule has 0 radical (unpaired) electrons. The van der Waals surface area contributed by atoms with Crippen molar-refractivity contribution in [1.82, 2.24) is 0 Å². The summed E-state index contributed by atoms with van der Waals surface area (Å²) in [6, 6.07) is 16.3. The van der Waals surface area contributed by atoms with Crippen LogP contribution in [0.3, 0.4) is 0 Å². The van der Waals surface area contributed by atoms with Crippen molar-refractivity contribution in [1.29, 1.82) is 0 Å². The van der Waals surface area contributed by atoms with Crippen LogP contribution in [0.1, 0.15) is 50.7 Å². The molecule has 0 aliphatic carbocycles. The summed E-state index contributed by atoms with van der Waals surface area (Å²) in [5.74, 6) is 1.49. The second-order valence-electron chi connectivity index (χ2n) is 8.99. The summed E-state index contributed by atoms with van der Waals surface area (Å²) in [5, 5.41) is 0. The lowest BCUT2D eigenvalue weighted by Crippen LogP contribution is -2.25. The fourth-order valence-electron chi connectivity index (χ4n) is 3.75. The molecule has 4 rings (SSSR count). The van der Waals surface area contributed by atoms with E-state index < -0.39 is 0 Å². The standard InChI is InChI=1S/C27H34O6/c1-3-4-15-29-26(28)13-14-27(2,20-5-9-22(10-6-20)30-16-24-18-32-24)21-7-11-23(12-8-21)31-17-25-19-33-25/h5-12,24-25H,3-4,13-19H2,1-2H3. The molecule has 2 heterocycles. The van der Waals surface area contributed by atoms with E-state index in [1.165, 1.54) is 0 Å². The van der Waals surface area contributed by atoms with Gasteiger partial charge in [0, 0.05) is 11.8 Å². The van der Waals surface area contributed by atoms with Crippen LogP contribution in [-0.2, 0) is 24.4 Å². The van der Waals surface area contributed by atoms with Gasteiger partial charge in [-0.1, -0.05) is 44.5 Å². The van der Waals surface area contributed by atoms with Gasteiger partial charge in [-0.25, -0.2) is 0 Å². The minimum Gasteiger partial charge on any atom is -0.491 e. The Hall–Kier alpha value is -2.57. The molecule has 178 valence electrons. The summed E-state index contributed by atoms with van der Waals surface area (Å²) < 4.78 is 27.4. The Morgan fingerprint density at radius 1 is 0.909 bits per heavy atom. The molecule has 2 aliphatic rings. The van der Waals surface area contributed by atoms with E-state index in [0.29, 0.717) is 32.7 Å². The van der Waals surface area contributed by atoms with Crippen molar-refractivity contribution >= 4 is 5.97 Å². The molecule has 0 amide bonds. The maximum atomic E-state index is 12.4. The van der Waals surface area contributed by atoms with Gasteiger partial charge in [-0.05, 0) is 48.2 Å². The van der Waals surface area contributed by atoms with Crippen molar-refractivity contribution in [2.75, 3.05) is 33.0 Å². The predicted octanol–water partition coefficient (Wildman–Crippen LogP) is 4.67. The van der Waals surface area contributed by atoms with Crippen LogP contribution in [0.25, 0.3) is 0 Å². The van der Waals surface area contributed by atoms with E-state index in [-0.39, 0.29) is 23.6 Å². The van der Waals surface area contributed by atoms with Crippen LogP contribution in [0.4, 0.5) is 0 Å². The number of epoxide rings is 2. The molecule has 0 bridgehead atoms. The van der Waals surface area contributed by atoms with Crippen molar-refractivity contribution in [3.05, 3.63) is 59.7 Å². The molecule has 6 nitrogen and oxygen atoms in total. The summed E-state index contributed by atoms with van der Waals surface area (Å²) in [5.41, 5.74) is 1.89. The van der Waals surface area contributed by atoms with E-state index >= 15 is 0 Å². The lowest BCUT2D eigenvalue weighted by molar-refractivity contribution is -0.144. The van der Waals surface area contributed by atoms with E-state index in [1.807, 2.05) is 24.3 Å². The molecule has 0 spiro atoms. The first-order valence-electron chi connectivity index (χ1n) is 11.9. The zero-order chi connectivity index (χ0) is 23.1. The molecule has 0 N–H and O–H groups in total. The Labute approximate surface area is 196 Å². The highest BCUT2D eigenvalue weighted by molar-refractivity contribution is 5.69. The zero-order valence-corrected chi connectivity index (χ0v) is 19.6. The van der Waals surface area contributed by atoms with Gasteiger partial charge in [0.2, 0.25) is 0 Å². The minimum absolute atomic E-state index is 0.150. The van der Waals surface area contributed by atoms with Gasteiger partial charge < -0.3 is 23.7 Å². The first kappa shape index (κ1) is 23.6. The van der Waals surface area contributed by atoms with Crippen LogP contribution in [-0.4, -0.2) is 51.2 Å². The van der Waals surface area contributed by atoms with Crippen molar-refractivity contribution in [3.8, 4) is 11.5 Å². The third-order valence-electron chi connectivity index (χ3n) is 6.25. The summed E-state index contributed by atoms with van der Waals surface area (Å²) >= 11 is 0. The fraction of sp³-hybridized carbons (Fsp3) is 0.519. The molecule has 2 aromatic carbocycles. The lowest BCUT2D eigenvalue weighted by atomic mass is 9.73. The Morgan fingerprint density at radius 2 is 1.39 bits per heavy atom. The maximum absolute atomic E-state index is 12.4. The molecular formula is C27H34O6. The highest BCUT2D eigenvalue weighted by Gasteiger charge is 2.30. The molecule has 6 heteroatoms. The maximum Gasteiger partial charge on any atom is 0.305 e. The quantitative estimate of drug-likeness (QED) is 0.235. The van der Waals surface area contributed by atoms with Crippen molar-refractivity contribution in [2.45, 2.75) is 57.2 Å². The Balaban J connectivity index is 1.47. The molecule has 2 atom stereocenters. The molecule has 0 saturated carbocycles. The van der Waals surface area contributed by atoms with Gasteiger partial charge in [0.25, 0.3) is 0 Å².